The summed E-state index contributed by atoms with van der Waals surface area (Å²) in [5, 5.41) is 0. The van der Waals surface area contributed by atoms with E-state index in [4.69, 9.17) is 12.2 Å². The zero-order chi connectivity index (χ0) is 7.28. The molecular weight excluding hydrogens is 142 g/mol. The molecule has 0 aromatic heterocycles. The lowest BCUT2D eigenvalue weighted by molar-refractivity contribution is 0.466. The minimum absolute atomic E-state index is 0. The van der Waals surface area contributed by atoms with Crippen molar-refractivity contribution in [3.8, 4) is 0 Å². The Kier molecular flexibility index (Phi) is 8.79. The van der Waals surface area contributed by atoms with E-state index in [1.54, 1.807) is 0 Å². The van der Waals surface area contributed by atoms with E-state index in [0.717, 1.165) is 24.5 Å². The van der Waals surface area contributed by atoms with Crippen molar-refractivity contribution in [1.29, 1.82) is 0 Å². The summed E-state index contributed by atoms with van der Waals surface area (Å²) in [6, 6.07) is 0. The van der Waals surface area contributed by atoms with Crippen LogP contribution in [0.4, 0.5) is 0 Å². The molecule has 0 aromatic rings. The first-order chi connectivity index (χ1) is 4.26. The van der Waals surface area contributed by atoms with Crippen molar-refractivity contribution < 1.29 is 0 Å². The first-order valence-electron chi connectivity index (χ1n) is 3.54. The van der Waals surface area contributed by atoms with E-state index in [2.05, 4.69) is 25.7 Å². The van der Waals surface area contributed by atoms with Gasteiger partial charge in [-0.25, -0.2) is 0 Å². The van der Waals surface area contributed by atoms with E-state index in [1.807, 2.05) is 0 Å². The Morgan fingerprint density at radius 3 is 1.70 bits per heavy atom. The minimum Gasteiger partial charge on any atom is -0.367 e. The second kappa shape index (κ2) is 7.00. The fourth-order valence-corrected chi connectivity index (χ4v) is 1.06. The zero-order valence-corrected chi connectivity index (χ0v) is 7.29. The molecule has 0 saturated heterocycles. The number of nitrogens with zero attached hydrogens (tertiary/aromatic N) is 1. The predicted molar refractivity (Wildman–Crippen MR) is 52.5 cm³/mol. The fourth-order valence-electron chi connectivity index (χ4n) is 0.800. The van der Waals surface area contributed by atoms with E-state index in [0.29, 0.717) is 0 Å². The van der Waals surface area contributed by atoms with Gasteiger partial charge in [-0.1, -0.05) is 26.6 Å². The number of thiocarbonyl (C=S) groups is 1. The molecule has 0 heterocycles. The molecule has 0 bridgehead atoms. The number of rotatable bonds is 3. The molecule has 0 unspecified atom stereocenters. The van der Waals surface area contributed by atoms with Crippen LogP contribution < -0.4 is 0 Å². The van der Waals surface area contributed by atoms with Crippen molar-refractivity contribution in [3.05, 3.63) is 0 Å². The maximum Gasteiger partial charge on any atom is 0.0776 e. The summed E-state index contributed by atoms with van der Waals surface area (Å²) in [5.41, 5.74) is 0. The van der Waals surface area contributed by atoms with Gasteiger partial charge in [0.1, 0.15) is 0 Å². The summed E-state index contributed by atoms with van der Waals surface area (Å²) in [7, 11) is 0. The van der Waals surface area contributed by atoms with Gasteiger partial charge in [-0.15, -0.1) is 0 Å². The molecule has 0 fully saturated rings. The van der Waals surface area contributed by atoms with Gasteiger partial charge in [0.25, 0.3) is 0 Å². The van der Waals surface area contributed by atoms with Gasteiger partial charge < -0.3 is 4.90 Å². The van der Waals surface area contributed by atoms with Crippen molar-refractivity contribution in [2.75, 3.05) is 13.1 Å². The maximum absolute atomic E-state index is 5.10. The first-order valence-corrected chi connectivity index (χ1v) is 3.94. The molecule has 0 radical (unpaired) electrons. The van der Waals surface area contributed by atoms with E-state index in [1.165, 1.54) is 0 Å². The summed E-state index contributed by atoms with van der Waals surface area (Å²) in [5.74, 6) is 0. The van der Waals surface area contributed by atoms with E-state index in [-0.39, 0.29) is 7.43 Å². The molecule has 0 rings (SSSR count). The predicted octanol–water partition coefficient (Wildman–Crippen LogP) is 2.70. The van der Waals surface area contributed by atoms with Crippen LogP contribution in [0.25, 0.3) is 0 Å². The normalized spacial score (nSPS) is 8.30. The molecule has 10 heavy (non-hydrogen) atoms. The van der Waals surface area contributed by atoms with Crippen LogP contribution in [-0.2, 0) is 0 Å². The van der Waals surface area contributed by atoms with Gasteiger partial charge in [0.2, 0.25) is 0 Å². The lowest BCUT2D eigenvalue weighted by Crippen LogP contribution is -2.28. The van der Waals surface area contributed by atoms with Crippen LogP contribution in [0.2, 0.25) is 0 Å². The van der Waals surface area contributed by atoms with Crippen molar-refractivity contribution in [2.24, 2.45) is 0 Å². The van der Waals surface area contributed by atoms with Crippen molar-refractivity contribution in [2.45, 2.75) is 34.6 Å². The third kappa shape index (κ3) is 3.83. The SMILES string of the molecule is C.CCC(=S)N(CC)CC. The number of hydrogen-bond donors (Lipinski definition) is 0. The van der Waals surface area contributed by atoms with Crippen LogP contribution >= 0.6 is 12.2 Å². The summed E-state index contributed by atoms with van der Waals surface area (Å²) in [6.45, 7) is 8.45. The Bertz CT molecular complexity index is 87.3. The minimum atomic E-state index is 0. The van der Waals surface area contributed by atoms with Crippen LogP contribution in [0.1, 0.15) is 34.6 Å². The monoisotopic (exact) mass is 161 g/mol. The van der Waals surface area contributed by atoms with Crippen LogP contribution in [0.5, 0.6) is 0 Å². The molecule has 0 N–H and O–H groups in total. The molecule has 0 atom stereocenters. The zero-order valence-electron chi connectivity index (χ0n) is 6.48. The van der Waals surface area contributed by atoms with Gasteiger partial charge >= 0.3 is 0 Å². The van der Waals surface area contributed by atoms with Crippen molar-refractivity contribution in [1.82, 2.24) is 4.90 Å². The second-order valence-electron chi connectivity index (χ2n) is 1.92. The van der Waals surface area contributed by atoms with Gasteiger partial charge in [0.15, 0.2) is 0 Å². The summed E-state index contributed by atoms with van der Waals surface area (Å²) in [4.78, 5) is 3.29. The molecule has 0 saturated carbocycles. The highest BCUT2D eigenvalue weighted by Gasteiger charge is 1.99. The van der Waals surface area contributed by atoms with Crippen LogP contribution in [-0.4, -0.2) is 23.0 Å². The smallest absolute Gasteiger partial charge is 0.0776 e. The third-order valence-electron chi connectivity index (χ3n) is 1.42. The summed E-state index contributed by atoms with van der Waals surface area (Å²) in [6.07, 6.45) is 0.997. The van der Waals surface area contributed by atoms with Gasteiger partial charge in [-0.05, 0) is 20.3 Å². The highest BCUT2D eigenvalue weighted by molar-refractivity contribution is 7.80. The highest BCUT2D eigenvalue weighted by atomic mass is 32.1. The van der Waals surface area contributed by atoms with Gasteiger partial charge in [0, 0.05) is 13.1 Å². The topological polar surface area (TPSA) is 3.24 Å². The van der Waals surface area contributed by atoms with Crippen molar-refractivity contribution in [3.63, 3.8) is 0 Å². The Labute approximate surface area is 70.4 Å². The van der Waals surface area contributed by atoms with E-state index in [9.17, 15) is 0 Å². The fraction of sp³-hybridized carbons (Fsp3) is 0.875. The molecule has 1 nitrogen and oxygen atoms in total. The number of hydrogen-bond acceptors (Lipinski definition) is 1. The lowest BCUT2D eigenvalue weighted by atomic mass is 10.4. The molecule has 62 valence electrons. The highest BCUT2D eigenvalue weighted by Crippen LogP contribution is 1.94. The molecule has 2 heteroatoms. The second-order valence-corrected chi connectivity index (χ2v) is 2.39. The van der Waals surface area contributed by atoms with Crippen molar-refractivity contribution >= 4 is 17.2 Å². The maximum atomic E-state index is 5.10. The molecule has 0 amide bonds. The Balaban J connectivity index is 0. The first kappa shape index (κ1) is 12.6. The third-order valence-corrected chi connectivity index (χ3v) is 1.97. The lowest BCUT2D eigenvalue weighted by Gasteiger charge is -2.20. The van der Waals surface area contributed by atoms with Crippen LogP contribution in [0.15, 0.2) is 0 Å². The molecule has 0 spiro atoms. The molecular formula is C8H19NS. The van der Waals surface area contributed by atoms with Crippen LogP contribution in [0.3, 0.4) is 0 Å². The Hall–Kier alpha value is -0.110. The molecule has 0 aliphatic rings. The molecule has 0 aromatic carbocycles. The van der Waals surface area contributed by atoms with Gasteiger partial charge in [-0.2, -0.15) is 0 Å². The standard InChI is InChI=1S/C7H15NS.CH4/c1-4-7(9)8(5-2)6-3;/h4-6H2,1-3H3;1H4. The molecule has 0 aliphatic carbocycles. The Morgan fingerprint density at radius 2 is 1.60 bits per heavy atom. The molecule has 0 aliphatic heterocycles. The average molecular weight is 161 g/mol. The largest absolute Gasteiger partial charge is 0.367 e. The van der Waals surface area contributed by atoms with Crippen LogP contribution in [0, 0.1) is 0 Å². The summed E-state index contributed by atoms with van der Waals surface area (Å²) >= 11 is 5.10. The van der Waals surface area contributed by atoms with Gasteiger partial charge in [-0.3, -0.25) is 0 Å². The quantitative estimate of drug-likeness (QED) is 0.585. The summed E-state index contributed by atoms with van der Waals surface area (Å²) < 4.78 is 0. The van der Waals surface area contributed by atoms with E-state index < -0.39 is 0 Å². The Morgan fingerprint density at radius 1 is 1.20 bits per heavy atom. The average Bonchev–Trinajstić information content (AvgIpc) is 1.90. The van der Waals surface area contributed by atoms with E-state index >= 15 is 0 Å². The van der Waals surface area contributed by atoms with Gasteiger partial charge in [0.05, 0.1) is 4.99 Å².